The molecule has 0 spiro atoms. The van der Waals surface area contributed by atoms with Gasteiger partial charge in [-0.1, -0.05) is 13.0 Å². The van der Waals surface area contributed by atoms with E-state index in [0.717, 1.165) is 12.0 Å². The summed E-state index contributed by atoms with van der Waals surface area (Å²) in [6, 6.07) is 3.23. The van der Waals surface area contributed by atoms with E-state index in [1.807, 2.05) is 6.07 Å². The molecule has 2 unspecified atom stereocenters. The van der Waals surface area contributed by atoms with Crippen LogP contribution < -0.4 is 5.73 Å². The predicted molar refractivity (Wildman–Crippen MR) is 58.3 cm³/mol. The topological polar surface area (TPSA) is 26.0 Å². The van der Waals surface area contributed by atoms with Gasteiger partial charge in [0.25, 0.3) is 0 Å². The SMILES string of the molecule is CCC(P)c1cc(C)c(F)cc1N. The fourth-order valence-corrected chi connectivity index (χ4v) is 1.55. The van der Waals surface area contributed by atoms with Crippen molar-refractivity contribution < 1.29 is 4.39 Å². The molecule has 0 heterocycles. The first-order valence-electron chi connectivity index (χ1n) is 4.37. The molecule has 0 saturated carbocycles. The molecule has 72 valence electrons. The largest absolute Gasteiger partial charge is 0.398 e. The summed E-state index contributed by atoms with van der Waals surface area (Å²) < 4.78 is 13.0. The van der Waals surface area contributed by atoms with Crippen LogP contribution in [0.4, 0.5) is 10.1 Å². The maximum atomic E-state index is 13.0. The number of anilines is 1. The van der Waals surface area contributed by atoms with Crippen LogP contribution >= 0.6 is 9.24 Å². The molecule has 0 aliphatic rings. The summed E-state index contributed by atoms with van der Waals surface area (Å²) in [7, 11) is 2.72. The highest BCUT2D eigenvalue weighted by Gasteiger charge is 2.09. The Bertz CT molecular complexity index is 312. The molecule has 2 atom stereocenters. The van der Waals surface area contributed by atoms with Gasteiger partial charge in [0, 0.05) is 11.3 Å². The minimum atomic E-state index is -0.227. The number of nitrogens with two attached hydrogens (primary N) is 1. The van der Waals surface area contributed by atoms with E-state index in [-0.39, 0.29) is 5.82 Å². The van der Waals surface area contributed by atoms with Gasteiger partial charge in [-0.2, -0.15) is 0 Å². The quantitative estimate of drug-likeness (QED) is 0.575. The fourth-order valence-electron chi connectivity index (χ4n) is 1.26. The van der Waals surface area contributed by atoms with Gasteiger partial charge in [0.15, 0.2) is 0 Å². The van der Waals surface area contributed by atoms with Gasteiger partial charge >= 0.3 is 0 Å². The lowest BCUT2D eigenvalue weighted by Gasteiger charge is -2.13. The first kappa shape index (κ1) is 10.5. The third-order valence-electron chi connectivity index (χ3n) is 2.20. The first-order valence-corrected chi connectivity index (χ1v) is 5.04. The average molecular weight is 199 g/mol. The summed E-state index contributed by atoms with van der Waals surface area (Å²) in [6.07, 6.45) is 0.986. The van der Waals surface area contributed by atoms with Crippen LogP contribution in [0.1, 0.15) is 30.1 Å². The summed E-state index contributed by atoms with van der Waals surface area (Å²) >= 11 is 0. The Labute approximate surface area is 80.7 Å². The number of benzene rings is 1. The lowest BCUT2D eigenvalue weighted by atomic mass is 10.0. The van der Waals surface area contributed by atoms with E-state index in [4.69, 9.17) is 5.73 Å². The van der Waals surface area contributed by atoms with Crippen LogP contribution in [0.2, 0.25) is 0 Å². The summed E-state index contributed by atoms with van der Waals surface area (Å²) in [4.78, 5) is 0. The van der Waals surface area contributed by atoms with Crippen molar-refractivity contribution in [2.45, 2.75) is 25.9 Å². The van der Waals surface area contributed by atoms with Crippen molar-refractivity contribution >= 4 is 14.9 Å². The Balaban J connectivity index is 3.15. The van der Waals surface area contributed by atoms with Crippen molar-refractivity contribution in [3.05, 3.63) is 29.1 Å². The smallest absolute Gasteiger partial charge is 0.128 e. The molecule has 0 aliphatic heterocycles. The molecule has 1 nitrogen and oxygen atoms in total. The third-order valence-corrected chi connectivity index (χ3v) is 3.03. The zero-order valence-corrected chi connectivity index (χ0v) is 9.13. The summed E-state index contributed by atoms with van der Waals surface area (Å²) in [6.45, 7) is 3.83. The van der Waals surface area contributed by atoms with Gasteiger partial charge in [-0.15, -0.1) is 9.24 Å². The zero-order chi connectivity index (χ0) is 10.0. The molecule has 0 aliphatic carbocycles. The highest BCUT2D eigenvalue weighted by Crippen LogP contribution is 2.32. The molecule has 0 radical (unpaired) electrons. The number of aryl methyl sites for hydroxylation is 1. The lowest BCUT2D eigenvalue weighted by molar-refractivity contribution is 0.618. The fraction of sp³-hybridized carbons (Fsp3) is 0.400. The molecule has 2 N–H and O–H groups in total. The van der Waals surface area contributed by atoms with Crippen molar-refractivity contribution in [1.29, 1.82) is 0 Å². The van der Waals surface area contributed by atoms with Crippen molar-refractivity contribution in [3.63, 3.8) is 0 Å². The van der Waals surface area contributed by atoms with E-state index in [9.17, 15) is 4.39 Å². The summed E-state index contributed by atoms with van der Waals surface area (Å²) in [5, 5.41) is 0. The molecular formula is C10H15FNP. The minimum Gasteiger partial charge on any atom is -0.398 e. The van der Waals surface area contributed by atoms with Gasteiger partial charge in [0.05, 0.1) is 0 Å². The molecular weight excluding hydrogens is 184 g/mol. The monoisotopic (exact) mass is 199 g/mol. The number of nitrogen functional groups attached to an aromatic ring is 1. The third kappa shape index (κ3) is 2.19. The van der Waals surface area contributed by atoms with Crippen LogP contribution in [0.15, 0.2) is 12.1 Å². The van der Waals surface area contributed by atoms with Crippen LogP contribution in [0, 0.1) is 12.7 Å². The first-order chi connectivity index (χ1) is 6.06. The second-order valence-corrected chi connectivity index (χ2v) is 4.05. The molecule has 1 aromatic rings. The second-order valence-electron chi connectivity index (χ2n) is 3.25. The lowest BCUT2D eigenvalue weighted by Crippen LogP contribution is -1.99. The molecule has 1 aromatic carbocycles. The normalized spacial score (nSPS) is 12.9. The summed E-state index contributed by atoms with van der Waals surface area (Å²) in [5.41, 5.74) is 8.26. The van der Waals surface area contributed by atoms with Crippen molar-refractivity contribution in [2.75, 3.05) is 5.73 Å². The number of hydrogen-bond donors (Lipinski definition) is 1. The van der Waals surface area contributed by atoms with Crippen LogP contribution in [0.3, 0.4) is 0 Å². The zero-order valence-electron chi connectivity index (χ0n) is 7.97. The van der Waals surface area contributed by atoms with Crippen molar-refractivity contribution in [3.8, 4) is 0 Å². The molecule has 0 bridgehead atoms. The standard InChI is InChI=1S/C10H15FNP/c1-3-10(13)7-4-6(2)8(11)5-9(7)12/h4-5,10H,3,12-13H2,1-2H3. The Kier molecular flexibility index (Phi) is 3.27. The highest BCUT2D eigenvalue weighted by atomic mass is 31.0. The molecule has 0 saturated heterocycles. The van der Waals surface area contributed by atoms with E-state index in [1.165, 1.54) is 6.07 Å². The van der Waals surface area contributed by atoms with E-state index in [0.29, 0.717) is 16.9 Å². The molecule has 1 rings (SSSR count). The predicted octanol–water partition coefficient (Wildman–Crippen LogP) is 3.04. The van der Waals surface area contributed by atoms with Crippen LogP contribution in [-0.2, 0) is 0 Å². The van der Waals surface area contributed by atoms with Gasteiger partial charge in [-0.3, -0.25) is 0 Å². The summed E-state index contributed by atoms with van der Waals surface area (Å²) in [5.74, 6) is -0.227. The average Bonchev–Trinajstić information content (AvgIpc) is 2.10. The molecule has 0 fully saturated rings. The van der Waals surface area contributed by atoms with Gasteiger partial charge in [-0.05, 0) is 30.5 Å². The number of rotatable bonds is 2. The van der Waals surface area contributed by atoms with Crippen molar-refractivity contribution in [1.82, 2.24) is 0 Å². The van der Waals surface area contributed by atoms with Crippen LogP contribution in [0.5, 0.6) is 0 Å². The Morgan fingerprint density at radius 1 is 1.54 bits per heavy atom. The van der Waals surface area contributed by atoms with E-state index < -0.39 is 0 Å². The van der Waals surface area contributed by atoms with E-state index in [1.54, 1.807) is 6.92 Å². The molecule has 13 heavy (non-hydrogen) atoms. The second kappa shape index (κ2) is 4.06. The maximum absolute atomic E-state index is 13.0. The minimum absolute atomic E-state index is 0.227. The van der Waals surface area contributed by atoms with Crippen LogP contribution in [-0.4, -0.2) is 0 Å². The van der Waals surface area contributed by atoms with E-state index in [2.05, 4.69) is 16.2 Å². The Hall–Kier alpha value is -0.620. The Morgan fingerprint density at radius 3 is 2.69 bits per heavy atom. The van der Waals surface area contributed by atoms with Gasteiger partial charge in [0.2, 0.25) is 0 Å². The Morgan fingerprint density at radius 2 is 2.15 bits per heavy atom. The molecule has 3 heteroatoms. The van der Waals surface area contributed by atoms with Gasteiger partial charge < -0.3 is 5.73 Å². The highest BCUT2D eigenvalue weighted by molar-refractivity contribution is 7.17. The van der Waals surface area contributed by atoms with Crippen LogP contribution in [0.25, 0.3) is 0 Å². The number of hydrogen-bond acceptors (Lipinski definition) is 1. The van der Waals surface area contributed by atoms with Gasteiger partial charge in [-0.25, -0.2) is 4.39 Å². The molecule has 0 aromatic heterocycles. The maximum Gasteiger partial charge on any atom is 0.128 e. The van der Waals surface area contributed by atoms with Crippen molar-refractivity contribution in [2.24, 2.45) is 0 Å². The number of halogens is 1. The molecule has 0 amide bonds. The van der Waals surface area contributed by atoms with Gasteiger partial charge in [0.1, 0.15) is 5.82 Å². The van der Waals surface area contributed by atoms with E-state index >= 15 is 0 Å².